The van der Waals surface area contributed by atoms with Gasteiger partial charge < -0.3 is 5.32 Å². The third-order valence-electron chi connectivity index (χ3n) is 6.22. The summed E-state index contributed by atoms with van der Waals surface area (Å²) in [6, 6.07) is 10.6. The van der Waals surface area contributed by atoms with Crippen LogP contribution in [0.3, 0.4) is 0 Å². The molecule has 0 saturated carbocycles. The van der Waals surface area contributed by atoms with E-state index in [2.05, 4.69) is 33.4 Å². The fourth-order valence-corrected chi connectivity index (χ4v) is 4.42. The van der Waals surface area contributed by atoms with E-state index in [1.165, 1.54) is 16.7 Å². The summed E-state index contributed by atoms with van der Waals surface area (Å²) in [5, 5.41) is 4.41. The van der Waals surface area contributed by atoms with Gasteiger partial charge in [0.2, 0.25) is 0 Å². The quantitative estimate of drug-likeness (QED) is 0.392. The molecule has 3 heterocycles. The number of hydrogen-bond acceptors (Lipinski definition) is 3. The smallest absolute Gasteiger partial charge is 0.162 e. The second kappa shape index (κ2) is 15.0. The second-order valence-corrected chi connectivity index (χ2v) is 8.20. The van der Waals surface area contributed by atoms with E-state index in [1.807, 2.05) is 24.5 Å². The molecule has 0 spiro atoms. The van der Waals surface area contributed by atoms with Crippen molar-refractivity contribution >= 4 is 30.6 Å². The number of rotatable bonds is 6. The zero-order chi connectivity index (χ0) is 19.2. The van der Waals surface area contributed by atoms with Crippen molar-refractivity contribution in [2.24, 2.45) is 5.92 Å². The number of carbonyl (C=O) groups excluding carboxylic acids is 1. The fraction of sp³-hybridized carbons (Fsp3) is 0.500. The first kappa shape index (κ1) is 29.0. The van der Waals surface area contributed by atoms with Crippen molar-refractivity contribution in [2.75, 3.05) is 26.2 Å². The van der Waals surface area contributed by atoms with E-state index in [-0.39, 0.29) is 68.9 Å². The molecular formula is C24H32AcCl2N3O-. The third kappa shape index (κ3) is 8.69. The molecule has 0 atom stereocenters. The topological polar surface area (TPSA) is 47.3 Å². The van der Waals surface area contributed by atoms with Gasteiger partial charge in [0.25, 0.3) is 0 Å². The maximum Gasteiger partial charge on any atom is 0.162 e. The molecule has 2 aromatic rings. The fourth-order valence-electron chi connectivity index (χ4n) is 4.42. The van der Waals surface area contributed by atoms with Crippen LogP contribution in [0.15, 0.2) is 42.7 Å². The Hall–Kier alpha value is -0.0184. The van der Waals surface area contributed by atoms with Crippen LogP contribution in [0, 0.1) is 50.0 Å². The van der Waals surface area contributed by atoms with Crippen LogP contribution in [-0.4, -0.2) is 41.8 Å². The molecular weight excluding hydrogens is 644 g/mol. The van der Waals surface area contributed by atoms with Gasteiger partial charge in [0.05, 0.1) is 0 Å². The molecule has 0 amide bonds. The number of nitrogens with zero attached hydrogens (tertiary/aromatic N) is 3. The normalized spacial score (nSPS) is 16.6. The van der Waals surface area contributed by atoms with Crippen LogP contribution in [0.5, 0.6) is 0 Å². The molecule has 0 aliphatic carbocycles. The van der Waals surface area contributed by atoms with Gasteiger partial charge in [-0.15, -0.1) is 37.9 Å². The molecule has 7 heteroatoms. The summed E-state index contributed by atoms with van der Waals surface area (Å²) in [4.78, 5) is 19.4. The van der Waals surface area contributed by atoms with E-state index < -0.39 is 0 Å². The number of hydrogen-bond donors (Lipinski definition) is 0. The number of halogens is 2. The monoisotopic (exact) mass is 675 g/mol. The van der Waals surface area contributed by atoms with Crippen LogP contribution >= 0.6 is 24.8 Å². The molecule has 1 aromatic carbocycles. The van der Waals surface area contributed by atoms with Crippen molar-refractivity contribution in [3.63, 3.8) is 0 Å². The molecule has 31 heavy (non-hydrogen) atoms. The van der Waals surface area contributed by atoms with Crippen molar-refractivity contribution in [1.82, 2.24) is 9.88 Å². The van der Waals surface area contributed by atoms with Gasteiger partial charge in [-0.3, -0.25) is 14.7 Å². The minimum absolute atomic E-state index is 0. The molecule has 0 N–H and O–H groups in total. The molecule has 1 radical (unpaired) electrons. The van der Waals surface area contributed by atoms with Gasteiger partial charge in [0.15, 0.2) is 5.78 Å². The summed E-state index contributed by atoms with van der Waals surface area (Å²) >= 11 is 0. The van der Waals surface area contributed by atoms with Gasteiger partial charge in [0.1, 0.15) is 0 Å². The molecule has 0 unspecified atom stereocenters. The van der Waals surface area contributed by atoms with Gasteiger partial charge in [-0.1, -0.05) is 31.0 Å². The Balaban J connectivity index is 0.00000160. The van der Waals surface area contributed by atoms with E-state index >= 15 is 0 Å². The number of ketones is 1. The SMILES string of the molecule is Cl.Cl.O=C(CCC1CC[N-]CC1)c1ccc2c(c1)CCN(Cc1cccnc1)CC2.[Ac]. The van der Waals surface area contributed by atoms with E-state index in [9.17, 15) is 4.79 Å². The van der Waals surface area contributed by atoms with Crippen LogP contribution in [0.1, 0.15) is 52.7 Å². The zero-order valence-corrected chi connectivity index (χ0v) is 24.4. The van der Waals surface area contributed by atoms with E-state index in [0.717, 1.165) is 70.4 Å². The number of aromatic nitrogens is 1. The number of benzene rings is 1. The number of fused-ring (bicyclic) bond motifs is 1. The van der Waals surface area contributed by atoms with E-state index in [0.29, 0.717) is 18.1 Å². The van der Waals surface area contributed by atoms with Crippen LogP contribution in [0.2, 0.25) is 0 Å². The molecule has 4 nitrogen and oxygen atoms in total. The first-order chi connectivity index (χ1) is 13.8. The molecule has 1 fully saturated rings. The van der Waals surface area contributed by atoms with Crippen LogP contribution in [0.25, 0.3) is 5.32 Å². The second-order valence-electron chi connectivity index (χ2n) is 8.20. The van der Waals surface area contributed by atoms with Crippen molar-refractivity contribution in [3.8, 4) is 0 Å². The Labute approximate surface area is 234 Å². The summed E-state index contributed by atoms with van der Waals surface area (Å²) in [6.07, 6.45) is 9.85. The van der Waals surface area contributed by atoms with Crippen LogP contribution in [0.4, 0.5) is 0 Å². The number of pyridine rings is 1. The zero-order valence-electron chi connectivity index (χ0n) is 18.0. The summed E-state index contributed by atoms with van der Waals surface area (Å²) in [7, 11) is 0. The summed E-state index contributed by atoms with van der Waals surface area (Å²) in [6.45, 7) is 4.99. The standard InChI is InChI=1S/C24H30N3O.Ac.2ClH/c28-24(6-3-19-7-12-25-13-8-19)23-5-4-21-9-14-27(15-10-22(21)16-23)18-20-2-1-11-26-17-20;;;/h1-2,4-5,11,16-17,19H,3,6-10,12-15,18H2;;2*1H/q-1;;;. The van der Waals surface area contributed by atoms with Crippen molar-refractivity contribution < 1.29 is 48.9 Å². The van der Waals surface area contributed by atoms with Gasteiger partial charge in [0, 0.05) is 88.1 Å². The predicted molar refractivity (Wildman–Crippen MR) is 127 cm³/mol. The Kier molecular flexibility index (Phi) is 14.0. The number of carbonyl (C=O) groups is 1. The third-order valence-corrected chi connectivity index (χ3v) is 6.22. The first-order valence-electron chi connectivity index (χ1n) is 10.7. The largest absolute Gasteiger partial charge is 0.662 e. The van der Waals surface area contributed by atoms with Crippen molar-refractivity contribution in [3.05, 3.63) is 70.3 Å². The van der Waals surface area contributed by atoms with Crippen LogP contribution in [-0.2, 0) is 19.4 Å². The predicted octanol–water partition coefficient (Wildman–Crippen LogP) is 5.27. The summed E-state index contributed by atoms with van der Waals surface area (Å²) < 4.78 is 0. The number of Topliss-reactive ketones (excluding diaryl/α,β-unsaturated/α-hetero) is 1. The van der Waals surface area contributed by atoms with Gasteiger partial charge in [-0.2, -0.15) is 0 Å². The Bertz CT molecular complexity index is 801. The first-order valence-corrected chi connectivity index (χ1v) is 10.7. The Morgan fingerprint density at radius 3 is 2.52 bits per heavy atom. The molecule has 0 bridgehead atoms. The van der Waals surface area contributed by atoms with Crippen molar-refractivity contribution in [1.29, 1.82) is 0 Å². The van der Waals surface area contributed by atoms with Crippen molar-refractivity contribution in [2.45, 2.75) is 45.1 Å². The Morgan fingerprint density at radius 2 is 1.81 bits per heavy atom. The average molecular weight is 676 g/mol. The maximum atomic E-state index is 12.7. The molecule has 167 valence electrons. The molecule has 2 aliphatic heterocycles. The van der Waals surface area contributed by atoms with Gasteiger partial charge >= 0.3 is 0 Å². The minimum atomic E-state index is 0. The molecule has 1 aromatic heterocycles. The van der Waals surface area contributed by atoms with E-state index in [4.69, 9.17) is 0 Å². The van der Waals surface area contributed by atoms with E-state index in [1.54, 1.807) is 0 Å². The average Bonchev–Trinajstić information content (AvgIpc) is 2.95. The molecule has 1 saturated heterocycles. The minimum Gasteiger partial charge on any atom is -0.662 e. The maximum absolute atomic E-state index is 12.7. The summed E-state index contributed by atoms with van der Waals surface area (Å²) in [5.74, 6) is 0.991. The van der Waals surface area contributed by atoms with Crippen LogP contribution < -0.4 is 0 Å². The Morgan fingerprint density at radius 1 is 1.06 bits per heavy atom. The van der Waals surface area contributed by atoms with Gasteiger partial charge in [-0.25, -0.2) is 0 Å². The molecule has 2 aliphatic rings. The van der Waals surface area contributed by atoms with Gasteiger partial charge in [-0.05, 0) is 54.0 Å². The molecule has 4 rings (SSSR count). The number of piperidine rings is 1. The summed E-state index contributed by atoms with van der Waals surface area (Å²) in [5.41, 5.74) is 4.93.